The minimum atomic E-state index is -2.58. The van der Waals surface area contributed by atoms with Gasteiger partial charge in [-0.1, -0.05) is 6.42 Å². The van der Waals surface area contributed by atoms with Crippen LogP contribution in [-0.2, 0) is 4.74 Å². The summed E-state index contributed by atoms with van der Waals surface area (Å²) < 4.78 is 30.8. The zero-order chi connectivity index (χ0) is 8.32. The smallest absolute Gasteiger partial charge is 0.273 e. The molecule has 0 aromatic carbocycles. The molecule has 11 heavy (non-hydrogen) atoms. The maximum absolute atomic E-state index is 12.9. The zero-order valence-corrected chi connectivity index (χ0v) is 6.78. The van der Waals surface area contributed by atoms with Crippen LogP contribution < -0.4 is 0 Å². The highest BCUT2D eigenvalue weighted by atomic mass is 19.3. The fourth-order valence-electron chi connectivity index (χ4n) is 1.47. The van der Waals surface area contributed by atoms with Crippen LogP contribution in [0, 0.1) is 0 Å². The van der Waals surface area contributed by atoms with E-state index in [0.29, 0.717) is 19.4 Å². The van der Waals surface area contributed by atoms with E-state index >= 15 is 0 Å². The molecule has 0 aliphatic heterocycles. The molecule has 0 heterocycles. The van der Waals surface area contributed by atoms with Gasteiger partial charge in [0.25, 0.3) is 5.92 Å². The molecule has 1 aliphatic rings. The summed E-state index contributed by atoms with van der Waals surface area (Å²) in [6.45, 7) is 2.14. The minimum Gasteiger partial charge on any atom is -0.372 e. The molecule has 0 bridgehead atoms. The Balaban J connectivity index is 2.45. The van der Waals surface area contributed by atoms with E-state index in [1.807, 2.05) is 0 Å². The third-order valence-electron chi connectivity index (χ3n) is 2.07. The standard InChI is InChI=1S/C8H14F2O/c1-2-11-7-5-3-4-6-8(7,9)10/h7H,2-6H2,1H3. The fourth-order valence-corrected chi connectivity index (χ4v) is 1.47. The molecule has 0 radical (unpaired) electrons. The van der Waals surface area contributed by atoms with Crippen molar-refractivity contribution >= 4 is 0 Å². The molecule has 1 fully saturated rings. The van der Waals surface area contributed by atoms with E-state index in [9.17, 15) is 8.78 Å². The quantitative estimate of drug-likeness (QED) is 0.609. The van der Waals surface area contributed by atoms with Gasteiger partial charge in [0.15, 0.2) is 0 Å². The van der Waals surface area contributed by atoms with Gasteiger partial charge in [-0.3, -0.25) is 0 Å². The first-order valence-corrected chi connectivity index (χ1v) is 4.16. The van der Waals surface area contributed by atoms with Crippen molar-refractivity contribution < 1.29 is 13.5 Å². The first kappa shape index (κ1) is 8.91. The zero-order valence-electron chi connectivity index (χ0n) is 6.78. The number of alkyl halides is 2. The van der Waals surface area contributed by atoms with Crippen LogP contribution >= 0.6 is 0 Å². The summed E-state index contributed by atoms with van der Waals surface area (Å²) >= 11 is 0. The van der Waals surface area contributed by atoms with Crippen LogP contribution in [0.15, 0.2) is 0 Å². The second kappa shape index (κ2) is 3.48. The lowest BCUT2D eigenvalue weighted by Gasteiger charge is -2.30. The molecular formula is C8H14F2O. The van der Waals surface area contributed by atoms with E-state index in [2.05, 4.69) is 0 Å². The number of ether oxygens (including phenoxy) is 1. The maximum atomic E-state index is 12.9. The highest BCUT2D eigenvalue weighted by molar-refractivity contribution is 4.82. The van der Waals surface area contributed by atoms with Crippen molar-refractivity contribution in [3.63, 3.8) is 0 Å². The molecule has 0 aromatic rings. The molecule has 0 N–H and O–H groups in total. The highest BCUT2D eigenvalue weighted by Gasteiger charge is 2.41. The monoisotopic (exact) mass is 164 g/mol. The van der Waals surface area contributed by atoms with Crippen LogP contribution in [0.2, 0.25) is 0 Å². The normalized spacial score (nSPS) is 30.3. The Labute approximate surface area is 65.7 Å². The van der Waals surface area contributed by atoms with Crippen LogP contribution in [0.1, 0.15) is 32.6 Å². The second-order valence-corrected chi connectivity index (χ2v) is 2.95. The molecule has 66 valence electrons. The summed E-state index contributed by atoms with van der Waals surface area (Å²) in [4.78, 5) is 0. The molecule has 1 atom stereocenters. The van der Waals surface area contributed by atoms with Crippen molar-refractivity contribution in [1.29, 1.82) is 0 Å². The van der Waals surface area contributed by atoms with Crippen molar-refractivity contribution in [2.45, 2.75) is 44.6 Å². The van der Waals surface area contributed by atoms with Crippen molar-refractivity contribution in [3.8, 4) is 0 Å². The van der Waals surface area contributed by atoms with E-state index in [1.165, 1.54) is 0 Å². The predicted octanol–water partition coefficient (Wildman–Crippen LogP) is 2.60. The first-order valence-electron chi connectivity index (χ1n) is 4.16. The molecule has 0 spiro atoms. The lowest BCUT2D eigenvalue weighted by Crippen LogP contribution is -2.38. The van der Waals surface area contributed by atoms with Gasteiger partial charge in [0.05, 0.1) is 0 Å². The summed E-state index contributed by atoms with van der Waals surface area (Å²) in [6.07, 6.45) is 1.20. The summed E-state index contributed by atoms with van der Waals surface area (Å²) in [6, 6.07) is 0. The molecule has 0 aromatic heterocycles. The van der Waals surface area contributed by atoms with Crippen molar-refractivity contribution in [2.24, 2.45) is 0 Å². The van der Waals surface area contributed by atoms with E-state index in [1.54, 1.807) is 6.92 Å². The Morgan fingerprint density at radius 1 is 1.45 bits per heavy atom. The van der Waals surface area contributed by atoms with Crippen LogP contribution in [0.4, 0.5) is 8.78 Å². The SMILES string of the molecule is CCOC1CCCCC1(F)F. The number of rotatable bonds is 2. The molecule has 1 aliphatic carbocycles. The van der Waals surface area contributed by atoms with Crippen LogP contribution in [0.3, 0.4) is 0 Å². The molecule has 1 rings (SSSR count). The Morgan fingerprint density at radius 3 is 2.73 bits per heavy atom. The Hall–Kier alpha value is -0.180. The summed E-state index contributed by atoms with van der Waals surface area (Å²) in [5.41, 5.74) is 0. The number of halogens is 2. The summed E-state index contributed by atoms with van der Waals surface area (Å²) in [5, 5.41) is 0. The third-order valence-corrected chi connectivity index (χ3v) is 2.07. The number of hydrogen-bond donors (Lipinski definition) is 0. The van der Waals surface area contributed by atoms with Gasteiger partial charge in [-0.2, -0.15) is 0 Å². The van der Waals surface area contributed by atoms with Crippen molar-refractivity contribution in [3.05, 3.63) is 0 Å². The Bertz CT molecular complexity index is 123. The van der Waals surface area contributed by atoms with Gasteiger partial charge in [-0.05, 0) is 19.8 Å². The molecule has 1 saturated carbocycles. The van der Waals surface area contributed by atoms with E-state index < -0.39 is 12.0 Å². The molecule has 1 unspecified atom stereocenters. The molecule has 0 saturated heterocycles. The van der Waals surface area contributed by atoms with Gasteiger partial charge < -0.3 is 4.74 Å². The topological polar surface area (TPSA) is 9.23 Å². The van der Waals surface area contributed by atoms with Gasteiger partial charge in [-0.25, -0.2) is 8.78 Å². The van der Waals surface area contributed by atoms with E-state index in [0.717, 1.165) is 6.42 Å². The average Bonchev–Trinajstić information content (AvgIpc) is 1.94. The second-order valence-electron chi connectivity index (χ2n) is 2.95. The van der Waals surface area contributed by atoms with Crippen LogP contribution in [0.25, 0.3) is 0 Å². The number of hydrogen-bond acceptors (Lipinski definition) is 1. The first-order chi connectivity index (χ1) is 5.17. The fraction of sp³-hybridized carbons (Fsp3) is 1.00. The van der Waals surface area contributed by atoms with E-state index in [4.69, 9.17) is 4.74 Å². The maximum Gasteiger partial charge on any atom is 0.273 e. The largest absolute Gasteiger partial charge is 0.372 e. The van der Waals surface area contributed by atoms with Crippen LogP contribution in [0.5, 0.6) is 0 Å². The van der Waals surface area contributed by atoms with Gasteiger partial charge in [0.2, 0.25) is 0 Å². The highest BCUT2D eigenvalue weighted by Crippen LogP contribution is 2.35. The Kier molecular flexibility index (Phi) is 2.82. The van der Waals surface area contributed by atoms with E-state index in [-0.39, 0.29) is 6.42 Å². The molecular weight excluding hydrogens is 150 g/mol. The minimum absolute atomic E-state index is 0.00231. The molecule has 1 nitrogen and oxygen atoms in total. The van der Waals surface area contributed by atoms with Crippen LogP contribution in [-0.4, -0.2) is 18.6 Å². The lowest BCUT2D eigenvalue weighted by molar-refractivity contribution is -0.155. The van der Waals surface area contributed by atoms with Crippen molar-refractivity contribution in [1.82, 2.24) is 0 Å². The van der Waals surface area contributed by atoms with Gasteiger partial charge in [-0.15, -0.1) is 0 Å². The third kappa shape index (κ3) is 2.12. The van der Waals surface area contributed by atoms with Gasteiger partial charge in [0.1, 0.15) is 6.10 Å². The summed E-state index contributed by atoms with van der Waals surface area (Å²) in [5.74, 6) is -2.58. The predicted molar refractivity (Wildman–Crippen MR) is 38.8 cm³/mol. The van der Waals surface area contributed by atoms with Crippen molar-refractivity contribution in [2.75, 3.05) is 6.61 Å². The van der Waals surface area contributed by atoms with Gasteiger partial charge >= 0.3 is 0 Å². The molecule has 0 amide bonds. The average molecular weight is 164 g/mol. The molecule has 3 heteroatoms. The van der Waals surface area contributed by atoms with Gasteiger partial charge in [0, 0.05) is 13.0 Å². The Morgan fingerprint density at radius 2 is 2.18 bits per heavy atom. The summed E-state index contributed by atoms with van der Waals surface area (Å²) in [7, 11) is 0. The lowest BCUT2D eigenvalue weighted by atomic mass is 9.94.